The van der Waals surface area contributed by atoms with Gasteiger partial charge in [-0.2, -0.15) is 0 Å². The van der Waals surface area contributed by atoms with Crippen LogP contribution in [0.1, 0.15) is 34.3 Å². The van der Waals surface area contributed by atoms with Crippen molar-refractivity contribution in [2.24, 2.45) is 0 Å². The minimum Gasteiger partial charge on any atom is -0.481 e. The summed E-state index contributed by atoms with van der Waals surface area (Å²) in [6.45, 7) is 0.712. The number of carboxylic acid groups (broad SMARTS) is 3. The normalized spacial score (nSPS) is 13.2. The molecule has 0 saturated heterocycles. The molecule has 5 amide bonds. The molecule has 3 aromatic carbocycles. The van der Waals surface area contributed by atoms with Gasteiger partial charge < -0.3 is 41.1 Å². The van der Waals surface area contributed by atoms with E-state index in [1.807, 2.05) is 19.1 Å². The number of rotatable bonds is 12. The van der Waals surface area contributed by atoms with Crippen LogP contribution < -0.4 is 20.9 Å². The molecule has 0 spiro atoms. The molecule has 3 aromatic rings. The van der Waals surface area contributed by atoms with E-state index in [1.165, 1.54) is 18.2 Å². The number of fused-ring (bicyclic) bond motifs is 1. The van der Waals surface area contributed by atoms with Crippen molar-refractivity contribution in [3.05, 3.63) is 83.4 Å². The van der Waals surface area contributed by atoms with Gasteiger partial charge in [-0.1, -0.05) is 30.3 Å². The topological polar surface area (TPSA) is 223 Å². The number of carboxylic acids is 3. The predicted molar refractivity (Wildman–Crippen MR) is 168 cm³/mol. The van der Waals surface area contributed by atoms with Crippen molar-refractivity contribution in [1.82, 2.24) is 4.90 Å². The first-order valence-electron chi connectivity index (χ1n) is 14.3. The number of anilines is 4. The van der Waals surface area contributed by atoms with Gasteiger partial charge in [0.05, 0.1) is 30.5 Å². The van der Waals surface area contributed by atoms with Crippen LogP contribution in [-0.2, 0) is 30.4 Å². The minimum absolute atomic E-state index is 0.0178. The Morgan fingerprint density at radius 2 is 1.51 bits per heavy atom. The van der Waals surface area contributed by atoms with Crippen molar-refractivity contribution in [3.63, 3.8) is 0 Å². The molecule has 1 atom stereocenters. The Labute approximate surface area is 267 Å². The van der Waals surface area contributed by atoms with Gasteiger partial charge in [-0.3, -0.25) is 24.0 Å². The van der Waals surface area contributed by atoms with Gasteiger partial charge in [0.1, 0.15) is 12.6 Å². The van der Waals surface area contributed by atoms with Crippen LogP contribution in [0.3, 0.4) is 0 Å². The standard InChI is InChI=1S/C32H31N5O10/c1-18-4-2-3-5-23(18)35-32(47)34-20-8-6-19(7-9-20)14-26(38)33-21-10-11-24-22(15-21)30(44)37(25(31(45)46)16-29(42)43)17-27(39)36(24)13-12-28(40)41/h2-11,15,25H,12-14,16-17H2,1H3,(H,33,38)(H,40,41)(H,42,43)(H,45,46)(H2,34,35,47). The van der Waals surface area contributed by atoms with Crippen LogP contribution in [0.2, 0.25) is 0 Å². The van der Waals surface area contributed by atoms with Gasteiger partial charge in [0.2, 0.25) is 11.8 Å². The van der Waals surface area contributed by atoms with Crippen molar-refractivity contribution in [2.45, 2.75) is 32.2 Å². The van der Waals surface area contributed by atoms with Crippen LogP contribution in [0.5, 0.6) is 0 Å². The number of nitrogens with zero attached hydrogens (tertiary/aromatic N) is 2. The molecule has 0 bridgehead atoms. The van der Waals surface area contributed by atoms with Crippen molar-refractivity contribution in [1.29, 1.82) is 0 Å². The summed E-state index contributed by atoms with van der Waals surface area (Å²) in [5, 5.41) is 36.2. The minimum atomic E-state index is -1.89. The van der Waals surface area contributed by atoms with Crippen LogP contribution in [0.25, 0.3) is 0 Å². The number of carbonyl (C=O) groups is 7. The fraction of sp³-hybridized carbons (Fsp3) is 0.219. The van der Waals surface area contributed by atoms with E-state index in [2.05, 4.69) is 16.0 Å². The maximum Gasteiger partial charge on any atom is 0.327 e. The Morgan fingerprint density at radius 1 is 0.830 bits per heavy atom. The van der Waals surface area contributed by atoms with E-state index in [4.69, 9.17) is 5.11 Å². The lowest BCUT2D eigenvalue weighted by Crippen LogP contribution is -2.49. The summed E-state index contributed by atoms with van der Waals surface area (Å²) in [6.07, 6.45) is -1.57. The largest absolute Gasteiger partial charge is 0.481 e. The molecule has 1 aliphatic heterocycles. The number of urea groups is 1. The number of para-hydroxylation sites is 1. The SMILES string of the molecule is Cc1ccccc1NC(=O)Nc1ccc(CC(=O)Nc2ccc3c(c2)C(=O)N(C(CC(=O)O)C(=O)O)CC(=O)N3CCC(=O)O)cc1. The Kier molecular flexibility index (Phi) is 10.5. The maximum atomic E-state index is 13.6. The molecule has 0 aliphatic carbocycles. The van der Waals surface area contributed by atoms with Gasteiger partial charge in [0, 0.05) is 23.6 Å². The number of amides is 5. The van der Waals surface area contributed by atoms with Crippen molar-refractivity contribution >= 4 is 64.4 Å². The van der Waals surface area contributed by atoms with Crippen LogP contribution >= 0.6 is 0 Å². The van der Waals surface area contributed by atoms with Gasteiger partial charge in [-0.15, -0.1) is 0 Å². The molecule has 0 aromatic heterocycles. The Morgan fingerprint density at radius 3 is 2.15 bits per heavy atom. The van der Waals surface area contributed by atoms with Crippen molar-refractivity contribution < 1.29 is 48.9 Å². The Balaban J connectivity index is 1.50. The summed E-state index contributed by atoms with van der Waals surface area (Å²) in [5.41, 5.74) is 2.50. The van der Waals surface area contributed by atoms with Crippen LogP contribution in [-0.4, -0.2) is 81.0 Å². The van der Waals surface area contributed by atoms with Crippen molar-refractivity contribution in [2.75, 3.05) is 33.9 Å². The quantitative estimate of drug-likeness (QED) is 0.169. The summed E-state index contributed by atoms with van der Waals surface area (Å²) >= 11 is 0. The Hall–Kier alpha value is -6.25. The van der Waals surface area contributed by atoms with Gasteiger partial charge >= 0.3 is 23.9 Å². The second-order valence-electron chi connectivity index (χ2n) is 10.6. The Bertz CT molecular complexity index is 1740. The number of hydrogen-bond donors (Lipinski definition) is 6. The smallest absolute Gasteiger partial charge is 0.327 e. The second-order valence-corrected chi connectivity index (χ2v) is 10.6. The van der Waals surface area contributed by atoms with E-state index in [9.17, 15) is 43.8 Å². The highest BCUT2D eigenvalue weighted by atomic mass is 16.4. The summed E-state index contributed by atoms with van der Waals surface area (Å²) in [4.78, 5) is 88.1. The summed E-state index contributed by atoms with van der Waals surface area (Å²) in [7, 11) is 0. The van der Waals surface area contributed by atoms with Crippen LogP contribution in [0.15, 0.2) is 66.7 Å². The van der Waals surface area contributed by atoms with Crippen LogP contribution in [0, 0.1) is 6.92 Å². The highest BCUT2D eigenvalue weighted by Gasteiger charge is 2.39. The fourth-order valence-electron chi connectivity index (χ4n) is 4.91. The van der Waals surface area contributed by atoms with E-state index in [0.717, 1.165) is 10.5 Å². The average molecular weight is 646 g/mol. The molecule has 0 saturated carbocycles. The molecule has 15 nitrogen and oxygen atoms in total. The number of aryl methyl sites for hydroxylation is 1. The van der Waals surface area contributed by atoms with Crippen LogP contribution in [0.4, 0.5) is 27.5 Å². The zero-order valence-corrected chi connectivity index (χ0v) is 25.1. The third kappa shape index (κ3) is 8.69. The van der Waals surface area contributed by atoms with E-state index in [-0.39, 0.29) is 29.9 Å². The molecule has 244 valence electrons. The van der Waals surface area contributed by atoms with Gasteiger partial charge in [0.15, 0.2) is 0 Å². The lowest BCUT2D eigenvalue weighted by Gasteiger charge is -2.26. The molecule has 4 rings (SSSR count). The lowest BCUT2D eigenvalue weighted by molar-refractivity contribution is -0.149. The van der Waals surface area contributed by atoms with Gasteiger partial charge in [0.25, 0.3) is 5.91 Å². The lowest BCUT2D eigenvalue weighted by atomic mass is 10.1. The fourth-order valence-corrected chi connectivity index (χ4v) is 4.91. The van der Waals surface area contributed by atoms with Gasteiger partial charge in [-0.25, -0.2) is 9.59 Å². The van der Waals surface area contributed by atoms with Crippen molar-refractivity contribution in [3.8, 4) is 0 Å². The predicted octanol–water partition coefficient (Wildman–Crippen LogP) is 3.01. The molecular formula is C32H31N5O10. The van der Waals surface area contributed by atoms with E-state index in [0.29, 0.717) is 21.8 Å². The molecule has 1 unspecified atom stereocenters. The molecule has 6 N–H and O–H groups in total. The highest BCUT2D eigenvalue weighted by molar-refractivity contribution is 6.12. The first-order chi connectivity index (χ1) is 22.3. The molecular weight excluding hydrogens is 614 g/mol. The summed E-state index contributed by atoms with van der Waals surface area (Å²) in [5.74, 6) is -6.66. The molecule has 15 heteroatoms. The third-order valence-electron chi connectivity index (χ3n) is 7.22. The number of benzene rings is 3. The zero-order chi connectivity index (χ0) is 34.2. The third-order valence-corrected chi connectivity index (χ3v) is 7.22. The second kappa shape index (κ2) is 14.7. The summed E-state index contributed by atoms with van der Waals surface area (Å²) < 4.78 is 0. The first-order valence-corrected chi connectivity index (χ1v) is 14.3. The molecule has 0 radical (unpaired) electrons. The monoisotopic (exact) mass is 645 g/mol. The molecule has 47 heavy (non-hydrogen) atoms. The first kappa shape index (κ1) is 33.6. The maximum absolute atomic E-state index is 13.6. The van der Waals surface area contributed by atoms with E-state index >= 15 is 0 Å². The number of carbonyl (C=O) groups excluding carboxylic acids is 4. The summed E-state index contributed by atoms with van der Waals surface area (Å²) in [6, 6.07) is 15.4. The molecule has 1 heterocycles. The number of aliphatic carboxylic acids is 3. The zero-order valence-electron chi connectivity index (χ0n) is 25.1. The van der Waals surface area contributed by atoms with E-state index < -0.39 is 67.1 Å². The number of nitrogens with one attached hydrogen (secondary N) is 3. The highest BCUT2D eigenvalue weighted by Crippen LogP contribution is 2.30. The van der Waals surface area contributed by atoms with Gasteiger partial charge in [-0.05, 0) is 54.4 Å². The van der Waals surface area contributed by atoms with E-state index in [1.54, 1.807) is 36.4 Å². The average Bonchev–Trinajstić information content (AvgIpc) is 3.10. The number of hydrogen-bond acceptors (Lipinski definition) is 7. The molecule has 0 fully saturated rings. The molecule has 1 aliphatic rings.